The molecular formula is C15H19FN6O. The highest BCUT2D eigenvalue weighted by molar-refractivity contribution is 5.38. The maximum atomic E-state index is 13.7. The molecule has 7 nitrogen and oxygen atoms in total. The molecule has 0 N–H and O–H groups in total. The molecule has 0 atom stereocenters. The maximum absolute atomic E-state index is 13.7. The summed E-state index contributed by atoms with van der Waals surface area (Å²) < 4.78 is 19.3. The molecule has 0 aliphatic carbocycles. The average molecular weight is 318 g/mol. The minimum absolute atomic E-state index is 0.373. The van der Waals surface area contributed by atoms with E-state index >= 15 is 0 Å². The molecule has 2 aromatic heterocycles. The molecule has 3 rings (SSSR count). The highest BCUT2D eigenvalue weighted by atomic mass is 19.1. The van der Waals surface area contributed by atoms with Crippen LogP contribution < -0.4 is 9.64 Å². The molecule has 1 saturated heterocycles. The van der Waals surface area contributed by atoms with Crippen molar-refractivity contribution in [3.8, 4) is 5.88 Å². The zero-order valence-corrected chi connectivity index (χ0v) is 13.0. The number of aromatic nitrogens is 4. The van der Waals surface area contributed by atoms with Gasteiger partial charge >= 0.3 is 0 Å². The van der Waals surface area contributed by atoms with Crippen molar-refractivity contribution in [3.05, 3.63) is 36.2 Å². The van der Waals surface area contributed by atoms with Gasteiger partial charge in [-0.1, -0.05) is 0 Å². The number of rotatable bonds is 5. The second-order valence-corrected chi connectivity index (χ2v) is 5.38. The molecule has 0 amide bonds. The van der Waals surface area contributed by atoms with Crippen molar-refractivity contribution < 1.29 is 9.13 Å². The number of piperazine rings is 1. The minimum atomic E-state index is -0.373. The number of ether oxygens (including phenoxy) is 1. The Balaban J connectivity index is 1.43. The quantitative estimate of drug-likeness (QED) is 0.812. The van der Waals surface area contributed by atoms with Gasteiger partial charge in [-0.3, -0.25) is 4.90 Å². The van der Waals surface area contributed by atoms with Crippen LogP contribution in [0.5, 0.6) is 5.88 Å². The zero-order valence-electron chi connectivity index (χ0n) is 13.0. The number of hydrogen-bond donors (Lipinski definition) is 0. The van der Waals surface area contributed by atoms with Crippen molar-refractivity contribution in [2.75, 3.05) is 44.2 Å². The lowest BCUT2D eigenvalue weighted by atomic mass is 10.3. The molecule has 1 aliphatic rings. The van der Waals surface area contributed by atoms with E-state index in [9.17, 15) is 4.39 Å². The lowest BCUT2D eigenvalue weighted by Gasteiger charge is -2.35. The summed E-state index contributed by atoms with van der Waals surface area (Å²) in [4.78, 5) is 11.9. The topological polar surface area (TPSA) is 67.3 Å². The van der Waals surface area contributed by atoms with Crippen LogP contribution >= 0.6 is 0 Å². The van der Waals surface area contributed by atoms with Crippen LogP contribution in [0.15, 0.2) is 24.7 Å². The standard InChI is InChI=1S/C15H19FN6O/c1-12-2-3-14(20-19-12)23-9-8-21-4-6-22(7-5-21)15-13(16)10-17-11-18-15/h2-3,10-11H,4-9H2,1H3. The van der Waals surface area contributed by atoms with E-state index in [4.69, 9.17) is 4.74 Å². The molecule has 8 heteroatoms. The molecule has 1 aliphatic heterocycles. The van der Waals surface area contributed by atoms with Gasteiger partial charge in [-0.05, 0) is 13.0 Å². The molecule has 0 unspecified atom stereocenters. The highest BCUT2D eigenvalue weighted by Crippen LogP contribution is 2.16. The maximum Gasteiger partial charge on any atom is 0.233 e. The van der Waals surface area contributed by atoms with Crippen molar-refractivity contribution in [2.45, 2.75) is 6.92 Å². The summed E-state index contributed by atoms with van der Waals surface area (Å²) in [7, 11) is 0. The SMILES string of the molecule is Cc1ccc(OCCN2CCN(c3ncncc3F)CC2)nn1. The van der Waals surface area contributed by atoms with E-state index < -0.39 is 0 Å². The van der Waals surface area contributed by atoms with E-state index in [1.807, 2.05) is 24.0 Å². The van der Waals surface area contributed by atoms with Crippen molar-refractivity contribution in [1.82, 2.24) is 25.1 Å². The van der Waals surface area contributed by atoms with Crippen molar-refractivity contribution in [3.63, 3.8) is 0 Å². The summed E-state index contributed by atoms with van der Waals surface area (Å²) in [6, 6.07) is 3.69. The first kappa shape index (κ1) is 15.5. The minimum Gasteiger partial charge on any atom is -0.475 e. The number of aryl methyl sites for hydroxylation is 1. The summed E-state index contributed by atoms with van der Waals surface area (Å²) in [5.74, 6) is 0.547. The van der Waals surface area contributed by atoms with Crippen LogP contribution in [0.1, 0.15) is 5.69 Å². The second kappa shape index (κ2) is 7.28. The van der Waals surface area contributed by atoms with Crippen LogP contribution in [0.3, 0.4) is 0 Å². The van der Waals surface area contributed by atoms with Gasteiger partial charge in [0.25, 0.3) is 0 Å². The van der Waals surface area contributed by atoms with Gasteiger partial charge in [0.1, 0.15) is 12.9 Å². The first-order valence-corrected chi connectivity index (χ1v) is 7.58. The summed E-state index contributed by atoms with van der Waals surface area (Å²) in [5.41, 5.74) is 0.866. The van der Waals surface area contributed by atoms with Crippen LogP contribution in [0, 0.1) is 12.7 Å². The number of halogens is 1. The van der Waals surface area contributed by atoms with Gasteiger partial charge in [0, 0.05) is 38.8 Å². The smallest absolute Gasteiger partial charge is 0.233 e. The van der Waals surface area contributed by atoms with Crippen LogP contribution in [0.4, 0.5) is 10.2 Å². The number of anilines is 1. The van der Waals surface area contributed by atoms with Crippen molar-refractivity contribution in [1.29, 1.82) is 0 Å². The molecular weight excluding hydrogens is 299 g/mol. The van der Waals surface area contributed by atoms with Gasteiger partial charge in [-0.2, -0.15) is 5.10 Å². The van der Waals surface area contributed by atoms with Gasteiger partial charge in [0.2, 0.25) is 5.88 Å². The number of hydrogen-bond acceptors (Lipinski definition) is 7. The molecule has 0 aromatic carbocycles. The van der Waals surface area contributed by atoms with Crippen molar-refractivity contribution in [2.24, 2.45) is 0 Å². The molecule has 2 aromatic rings. The monoisotopic (exact) mass is 318 g/mol. The van der Waals surface area contributed by atoms with Gasteiger partial charge in [-0.25, -0.2) is 14.4 Å². The predicted molar refractivity (Wildman–Crippen MR) is 82.9 cm³/mol. The normalized spacial score (nSPS) is 15.7. The van der Waals surface area contributed by atoms with E-state index in [1.165, 1.54) is 12.5 Å². The Kier molecular flexibility index (Phi) is 4.92. The Morgan fingerprint density at radius 2 is 2.00 bits per heavy atom. The fraction of sp³-hybridized carbons (Fsp3) is 0.467. The Hall–Kier alpha value is -2.35. The zero-order chi connectivity index (χ0) is 16.1. The lowest BCUT2D eigenvalue weighted by Crippen LogP contribution is -2.48. The Morgan fingerprint density at radius 1 is 1.17 bits per heavy atom. The third-order valence-electron chi connectivity index (χ3n) is 3.75. The molecule has 0 spiro atoms. The first-order chi connectivity index (χ1) is 11.2. The van der Waals surface area contributed by atoms with Crippen LogP contribution in [0.25, 0.3) is 0 Å². The van der Waals surface area contributed by atoms with Gasteiger partial charge in [0.05, 0.1) is 11.9 Å². The molecule has 0 bridgehead atoms. The van der Waals surface area contributed by atoms with E-state index in [0.29, 0.717) is 18.3 Å². The van der Waals surface area contributed by atoms with Crippen LogP contribution in [0.2, 0.25) is 0 Å². The van der Waals surface area contributed by atoms with E-state index in [2.05, 4.69) is 25.1 Å². The number of nitrogens with zero attached hydrogens (tertiary/aromatic N) is 6. The van der Waals surface area contributed by atoms with Crippen LogP contribution in [-0.2, 0) is 0 Å². The summed E-state index contributed by atoms with van der Waals surface area (Å²) >= 11 is 0. The molecule has 0 saturated carbocycles. The predicted octanol–water partition coefficient (Wildman–Crippen LogP) is 0.915. The molecule has 1 fully saturated rings. The largest absolute Gasteiger partial charge is 0.475 e. The third-order valence-corrected chi connectivity index (χ3v) is 3.75. The van der Waals surface area contributed by atoms with Crippen LogP contribution in [-0.4, -0.2) is 64.4 Å². The lowest BCUT2D eigenvalue weighted by molar-refractivity contribution is 0.195. The fourth-order valence-corrected chi connectivity index (χ4v) is 2.47. The Bertz CT molecular complexity index is 630. The summed E-state index contributed by atoms with van der Waals surface area (Å²) in [6.07, 6.45) is 2.58. The van der Waals surface area contributed by atoms with E-state index in [-0.39, 0.29) is 5.82 Å². The van der Waals surface area contributed by atoms with E-state index in [0.717, 1.165) is 38.4 Å². The highest BCUT2D eigenvalue weighted by Gasteiger charge is 2.20. The summed E-state index contributed by atoms with van der Waals surface area (Å²) in [6.45, 7) is 6.39. The molecule has 23 heavy (non-hydrogen) atoms. The average Bonchev–Trinajstić information content (AvgIpc) is 2.58. The fourth-order valence-electron chi connectivity index (χ4n) is 2.47. The Labute approximate surface area is 134 Å². The Morgan fingerprint density at radius 3 is 2.70 bits per heavy atom. The third kappa shape index (κ3) is 4.10. The van der Waals surface area contributed by atoms with Gasteiger partial charge in [0.15, 0.2) is 11.6 Å². The molecule has 3 heterocycles. The first-order valence-electron chi connectivity index (χ1n) is 7.58. The summed E-state index contributed by atoms with van der Waals surface area (Å²) in [5, 5.41) is 7.92. The van der Waals surface area contributed by atoms with Gasteiger partial charge in [-0.15, -0.1) is 5.10 Å². The second-order valence-electron chi connectivity index (χ2n) is 5.38. The molecule has 0 radical (unpaired) electrons. The van der Waals surface area contributed by atoms with E-state index in [1.54, 1.807) is 0 Å². The van der Waals surface area contributed by atoms with Gasteiger partial charge < -0.3 is 9.64 Å². The van der Waals surface area contributed by atoms with Crippen molar-refractivity contribution >= 4 is 5.82 Å². The molecule has 122 valence electrons.